The minimum Gasteiger partial charge on any atom is -0.388 e. The van der Waals surface area contributed by atoms with Gasteiger partial charge in [0.25, 0.3) is 0 Å². The van der Waals surface area contributed by atoms with Crippen molar-refractivity contribution in [1.82, 2.24) is 5.32 Å². The van der Waals surface area contributed by atoms with Gasteiger partial charge in [-0.2, -0.15) is 0 Å². The average molecular weight is 265 g/mol. The standard InChI is InChI=1S/C16H27NO2/c1-5-9-15(18,10-6-2)13-17-14-16(19,11-7-3)12-8-4/h5-8,17-19H,1-4,9-14H2. The number of nitrogens with one attached hydrogen (secondary N) is 1. The quantitative estimate of drug-likeness (QED) is 0.475. The molecule has 0 aromatic heterocycles. The molecule has 0 heterocycles. The summed E-state index contributed by atoms with van der Waals surface area (Å²) in [5.41, 5.74) is -1.79. The highest BCUT2D eigenvalue weighted by atomic mass is 16.3. The Bertz CT molecular complexity index is 260. The van der Waals surface area contributed by atoms with Gasteiger partial charge in [-0.25, -0.2) is 0 Å². The number of hydrogen-bond donors (Lipinski definition) is 3. The summed E-state index contributed by atoms with van der Waals surface area (Å²) in [7, 11) is 0. The summed E-state index contributed by atoms with van der Waals surface area (Å²) in [6.45, 7) is 15.3. The van der Waals surface area contributed by atoms with Crippen LogP contribution in [0.25, 0.3) is 0 Å². The first-order chi connectivity index (χ1) is 8.95. The molecule has 3 N–H and O–H groups in total. The predicted octanol–water partition coefficient (Wildman–Crippen LogP) is 2.34. The summed E-state index contributed by atoms with van der Waals surface area (Å²) >= 11 is 0. The Morgan fingerprint density at radius 3 is 1.16 bits per heavy atom. The molecule has 0 bridgehead atoms. The van der Waals surface area contributed by atoms with E-state index in [1.165, 1.54) is 0 Å². The molecule has 0 rings (SSSR count). The molecule has 0 aliphatic carbocycles. The van der Waals surface area contributed by atoms with Crippen LogP contribution >= 0.6 is 0 Å². The molecule has 0 radical (unpaired) electrons. The zero-order valence-electron chi connectivity index (χ0n) is 11.8. The molecular formula is C16H27NO2. The zero-order chi connectivity index (χ0) is 14.8. The maximum Gasteiger partial charge on any atom is 0.0839 e. The minimum absolute atomic E-state index is 0.377. The van der Waals surface area contributed by atoms with Crippen LogP contribution in [0.3, 0.4) is 0 Å². The van der Waals surface area contributed by atoms with Crippen LogP contribution in [0.15, 0.2) is 50.6 Å². The third kappa shape index (κ3) is 7.11. The Labute approximate surface area is 117 Å². The van der Waals surface area contributed by atoms with Crippen molar-refractivity contribution >= 4 is 0 Å². The van der Waals surface area contributed by atoms with E-state index in [0.717, 1.165) is 0 Å². The van der Waals surface area contributed by atoms with E-state index in [1.807, 2.05) is 0 Å². The van der Waals surface area contributed by atoms with Crippen molar-refractivity contribution in [2.75, 3.05) is 13.1 Å². The summed E-state index contributed by atoms with van der Waals surface area (Å²) in [5, 5.41) is 23.8. The summed E-state index contributed by atoms with van der Waals surface area (Å²) in [6.07, 6.45) is 8.66. The molecule has 0 saturated carbocycles. The highest BCUT2D eigenvalue weighted by Gasteiger charge is 2.27. The molecule has 0 atom stereocenters. The van der Waals surface area contributed by atoms with Crippen molar-refractivity contribution in [2.45, 2.75) is 36.9 Å². The molecule has 19 heavy (non-hydrogen) atoms. The van der Waals surface area contributed by atoms with E-state index in [4.69, 9.17) is 0 Å². The van der Waals surface area contributed by atoms with E-state index >= 15 is 0 Å². The largest absolute Gasteiger partial charge is 0.388 e. The second-order valence-electron chi connectivity index (χ2n) is 5.02. The van der Waals surface area contributed by atoms with Crippen LogP contribution in [0.4, 0.5) is 0 Å². The van der Waals surface area contributed by atoms with Gasteiger partial charge in [-0.15, -0.1) is 26.3 Å². The molecule has 0 unspecified atom stereocenters. The fourth-order valence-corrected chi connectivity index (χ4v) is 2.06. The average Bonchev–Trinajstić information content (AvgIpc) is 2.29. The van der Waals surface area contributed by atoms with Crippen molar-refractivity contribution in [3.63, 3.8) is 0 Å². The van der Waals surface area contributed by atoms with Gasteiger partial charge in [-0.05, 0) is 25.7 Å². The third-order valence-electron chi connectivity index (χ3n) is 3.01. The number of aliphatic hydroxyl groups is 2. The zero-order valence-corrected chi connectivity index (χ0v) is 11.8. The van der Waals surface area contributed by atoms with Crippen LogP contribution in [0.5, 0.6) is 0 Å². The van der Waals surface area contributed by atoms with Gasteiger partial charge >= 0.3 is 0 Å². The molecule has 0 saturated heterocycles. The van der Waals surface area contributed by atoms with E-state index < -0.39 is 11.2 Å². The van der Waals surface area contributed by atoms with Crippen molar-refractivity contribution in [3.8, 4) is 0 Å². The summed E-state index contributed by atoms with van der Waals surface area (Å²) in [4.78, 5) is 0. The molecule has 0 aliphatic rings. The van der Waals surface area contributed by atoms with Crippen molar-refractivity contribution in [2.24, 2.45) is 0 Å². The van der Waals surface area contributed by atoms with E-state index in [9.17, 15) is 10.2 Å². The maximum atomic E-state index is 10.3. The first-order valence-corrected chi connectivity index (χ1v) is 6.54. The van der Waals surface area contributed by atoms with Crippen molar-refractivity contribution in [3.05, 3.63) is 50.6 Å². The van der Waals surface area contributed by atoms with Crippen LogP contribution in [-0.2, 0) is 0 Å². The van der Waals surface area contributed by atoms with E-state index in [-0.39, 0.29) is 0 Å². The Hall–Kier alpha value is -1.16. The molecule has 0 aromatic carbocycles. The molecule has 0 amide bonds. The lowest BCUT2D eigenvalue weighted by Crippen LogP contribution is -2.46. The SMILES string of the molecule is C=CCC(O)(CC=C)CNCC(O)(CC=C)CC=C. The van der Waals surface area contributed by atoms with E-state index in [2.05, 4.69) is 31.6 Å². The van der Waals surface area contributed by atoms with Gasteiger partial charge in [0.15, 0.2) is 0 Å². The van der Waals surface area contributed by atoms with Crippen LogP contribution in [0.1, 0.15) is 25.7 Å². The Balaban J connectivity index is 4.42. The smallest absolute Gasteiger partial charge is 0.0839 e. The highest BCUT2D eigenvalue weighted by molar-refractivity contribution is 4.97. The normalized spacial score (nSPS) is 11.9. The van der Waals surface area contributed by atoms with Gasteiger partial charge in [-0.1, -0.05) is 24.3 Å². The highest BCUT2D eigenvalue weighted by Crippen LogP contribution is 2.18. The van der Waals surface area contributed by atoms with Gasteiger partial charge in [0.1, 0.15) is 0 Å². The molecule has 3 heteroatoms. The lowest BCUT2D eigenvalue weighted by molar-refractivity contribution is 0.0208. The van der Waals surface area contributed by atoms with Crippen LogP contribution in [0.2, 0.25) is 0 Å². The van der Waals surface area contributed by atoms with Crippen LogP contribution in [0, 0.1) is 0 Å². The number of hydrogen-bond acceptors (Lipinski definition) is 3. The van der Waals surface area contributed by atoms with Gasteiger partial charge in [0.05, 0.1) is 11.2 Å². The van der Waals surface area contributed by atoms with Crippen molar-refractivity contribution in [1.29, 1.82) is 0 Å². The van der Waals surface area contributed by atoms with Gasteiger partial charge in [0, 0.05) is 13.1 Å². The molecule has 0 aromatic rings. The summed E-state index contributed by atoms with van der Waals surface area (Å²) < 4.78 is 0. The van der Waals surface area contributed by atoms with Crippen molar-refractivity contribution < 1.29 is 10.2 Å². The first-order valence-electron chi connectivity index (χ1n) is 6.54. The van der Waals surface area contributed by atoms with E-state index in [0.29, 0.717) is 38.8 Å². The monoisotopic (exact) mass is 265 g/mol. The molecule has 0 spiro atoms. The van der Waals surface area contributed by atoms with Gasteiger partial charge in [-0.3, -0.25) is 0 Å². The number of rotatable bonds is 12. The third-order valence-corrected chi connectivity index (χ3v) is 3.01. The molecule has 108 valence electrons. The topological polar surface area (TPSA) is 52.5 Å². The second-order valence-corrected chi connectivity index (χ2v) is 5.02. The summed E-state index contributed by atoms with van der Waals surface area (Å²) in [6, 6.07) is 0. The van der Waals surface area contributed by atoms with Gasteiger partial charge in [0.2, 0.25) is 0 Å². The molecule has 0 aliphatic heterocycles. The Morgan fingerprint density at radius 2 is 0.947 bits per heavy atom. The molecule has 0 fully saturated rings. The minimum atomic E-state index is -0.896. The molecule has 3 nitrogen and oxygen atoms in total. The Kier molecular flexibility index (Phi) is 8.32. The van der Waals surface area contributed by atoms with Crippen LogP contribution in [-0.4, -0.2) is 34.5 Å². The van der Waals surface area contributed by atoms with Crippen LogP contribution < -0.4 is 5.32 Å². The fourth-order valence-electron chi connectivity index (χ4n) is 2.06. The lowest BCUT2D eigenvalue weighted by Gasteiger charge is -2.30. The maximum absolute atomic E-state index is 10.3. The summed E-state index contributed by atoms with van der Waals surface area (Å²) in [5.74, 6) is 0. The lowest BCUT2D eigenvalue weighted by atomic mass is 9.93. The first kappa shape index (κ1) is 17.8. The van der Waals surface area contributed by atoms with E-state index in [1.54, 1.807) is 24.3 Å². The Morgan fingerprint density at radius 1 is 0.684 bits per heavy atom. The predicted molar refractivity (Wildman–Crippen MR) is 82.0 cm³/mol. The van der Waals surface area contributed by atoms with Gasteiger partial charge < -0.3 is 15.5 Å². The second kappa shape index (κ2) is 8.86. The fraction of sp³-hybridized carbons (Fsp3) is 0.500. The molecular weight excluding hydrogens is 238 g/mol.